The van der Waals surface area contributed by atoms with Gasteiger partial charge in [0.25, 0.3) is 5.91 Å². The number of carbonyl (C=O) groups is 3. The second kappa shape index (κ2) is 17.3. The molecule has 2 aromatic rings. The first kappa shape index (κ1) is 45.0. The van der Waals surface area contributed by atoms with Gasteiger partial charge < -0.3 is 49.4 Å². The number of rotatable bonds is 7. The third-order valence-corrected chi connectivity index (χ3v) is 12.7. The number of nitrogen functional groups attached to an aromatic ring is 1. The van der Waals surface area contributed by atoms with E-state index in [-0.39, 0.29) is 34.0 Å². The maximum atomic E-state index is 14.2. The molecule has 2 amide bonds. The zero-order chi connectivity index (χ0) is 43.1. The maximum Gasteiger partial charge on any atom is 0.328 e. The molecule has 18 heteroatoms. The summed E-state index contributed by atoms with van der Waals surface area (Å²) in [6, 6.07) is 6.11. The number of nitrogens with one attached hydrogen (secondary N) is 1. The third-order valence-electron chi connectivity index (χ3n) is 11.2. The number of aliphatic hydroxyl groups excluding tert-OH is 1. The summed E-state index contributed by atoms with van der Waals surface area (Å²) in [7, 11) is 2.03. The van der Waals surface area contributed by atoms with E-state index in [0.29, 0.717) is 17.9 Å². The SMILES string of the molecule is COc1cc2cc(c1Cl)N(C)C(=O)C[C@H](OC(=O)[C@H](C)N(C)C(=O)c1ccc(N)c(S(C)(=O)=O)c1)[C@]1(C)O[C@H]1[C@H](C)[C@@H]1C[C@@](O)(NC(O)O1)[C@H](OC)/C=C/C=C(\C)C2. The molecule has 2 saturated heterocycles. The van der Waals surface area contributed by atoms with Crippen molar-refractivity contribution in [1.82, 2.24) is 10.2 Å². The molecular weight excluding hydrogens is 796 g/mol. The lowest BCUT2D eigenvalue weighted by molar-refractivity contribution is -0.271. The molecule has 0 radical (unpaired) electrons. The zero-order valence-corrected chi connectivity index (χ0v) is 35.6. The minimum Gasteiger partial charge on any atom is -0.495 e. The normalized spacial score (nSPS) is 31.3. The van der Waals surface area contributed by atoms with Crippen molar-refractivity contribution in [3.63, 3.8) is 0 Å². The molecule has 2 fully saturated rings. The summed E-state index contributed by atoms with van der Waals surface area (Å²) in [5.41, 5.74) is 4.76. The van der Waals surface area contributed by atoms with Crippen LogP contribution in [0.1, 0.15) is 56.5 Å². The van der Waals surface area contributed by atoms with Gasteiger partial charge in [-0.05, 0) is 63.1 Å². The summed E-state index contributed by atoms with van der Waals surface area (Å²) in [6.45, 7) is 6.82. The fourth-order valence-electron chi connectivity index (χ4n) is 7.48. The monoisotopic (exact) mass is 848 g/mol. The third kappa shape index (κ3) is 9.37. The molecule has 58 heavy (non-hydrogen) atoms. The molecule has 1 unspecified atom stereocenters. The topological polar surface area (TPSA) is 220 Å². The summed E-state index contributed by atoms with van der Waals surface area (Å²) in [5.74, 6) is -2.26. The number of hydrogen-bond acceptors (Lipinski definition) is 14. The van der Waals surface area contributed by atoms with Crippen molar-refractivity contribution in [2.75, 3.05) is 45.2 Å². The Bertz CT molecular complexity index is 2100. The number of methoxy groups -OCH3 is 2. The minimum atomic E-state index is -3.77. The number of halogens is 1. The van der Waals surface area contributed by atoms with Gasteiger partial charge in [0.15, 0.2) is 15.6 Å². The highest BCUT2D eigenvalue weighted by molar-refractivity contribution is 7.90. The molecule has 318 valence electrons. The van der Waals surface area contributed by atoms with Crippen LogP contribution in [0, 0.1) is 5.92 Å². The van der Waals surface area contributed by atoms with Gasteiger partial charge in [-0.25, -0.2) is 18.5 Å². The number of anilines is 2. The molecule has 0 spiro atoms. The average molecular weight is 849 g/mol. The lowest BCUT2D eigenvalue weighted by Gasteiger charge is -2.44. The van der Waals surface area contributed by atoms with E-state index in [2.05, 4.69) is 5.32 Å². The molecular formula is C40H53ClN4O12S. The van der Waals surface area contributed by atoms with Crippen LogP contribution < -0.4 is 20.7 Å². The fourth-order valence-corrected chi connectivity index (χ4v) is 8.63. The number of benzene rings is 2. The number of nitrogens with zero attached hydrogens (tertiary/aromatic N) is 2. The predicted octanol–water partition coefficient (Wildman–Crippen LogP) is 2.97. The van der Waals surface area contributed by atoms with Crippen LogP contribution in [0.2, 0.25) is 5.02 Å². The van der Waals surface area contributed by atoms with Gasteiger partial charge in [0.1, 0.15) is 34.6 Å². The number of esters is 1. The van der Waals surface area contributed by atoms with Gasteiger partial charge in [-0.15, -0.1) is 0 Å². The molecule has 0 aromatic heterocycles. The van der Waals surface area contributed by atoms with E-state index in [1.165, 1.54) is 52.3 Å². The zero-order valence-electron chi connectivity index (χ0n) is 34.0. The number of epoxide rings is 1. The Balaban J connectivity index is 1.52. The Hall–Kier alpha value is -4.07. The molecule has 5 rings (SSSR count). The Morgan fingerprint density at radius 3 is 2.53 bits per heavy atom. The van der Waals surface area contributed by atoms with Crippen LogP contribution in [0.3, 0.4) is 0 Å². The quantitative estimate of drug-likeness (QED) is 0.179. The van der Waals surface area contributed by atoms with Crippen LogP contribution in [-0.4, -0.2) is 124 Å². The molecule has 16 nitrogen and oxygen atoms in total. The van der Waals surface area contributed by atoms with E-state index >= 15 is 0 Å². The largest absolute Gasteiger partial charge is 0.495 e. The maximum absolute atomic E-state index is 14.2. The van der Waals surface area contributed by atoms with Gasteiger partial charge in [0.2, 0.25) is 12.3 Å². The Labute approximate surface area is 343 Å². The fraction of sp³-hybridized carbons (Fsp3) is 0.525. The summed E-state index contributed by atoms with van der Waals surface area (Å²) < 4.78 is 54.1. The van der Waals surface area contributed by atoms with Crippen molar-refractivity contribution in [2.24, 2.45) is 5.92 Å². The number of fused-ring (bicyclic) bond motifs is 5. The smallest absolute Gasteiger partial charge is 0.328 e. The number of allylic oxidation sites excluding steroid dienone is 3. The number of aliphatic hydroxyl groups is 2. The molecule has 3 aliphatic heterocycles. The van der Waals surface area contributed by atoms with Crippen LogP contribution in [0.15, 0.2) is 59.0 Å². The number of ether oxygens (including phenoxy) is 5. The van der Waals surface area contributed by atoms with E-state index in [0.717, 1.165) is 28.4 Å². The van der Waals surface area contributed by atoms with Crippen molar-refractivity contribution in [1.29, 1.82) is 0 Å². The van der Waals surface area contributed by atoms with Crippen LogP contribution in [0.25, 0.3) is 0 Å². The highest BCUT2D eigenvalue weighted by atomic mass is 35.5. The van der Waals surface area contributed by atoms with Crippen LogP contribution >= 0.6 is 11.6 Å². The highest BCUT2D eigenvalue weighted by Gasteiger charge is 2.64. The molecule has 0 saturated carbocycles. The lowest BCUT2D eigenvalue weighted by atomic mass is 9.83. The summed E-state index contributed by atoms with van der Waals surface area (Å²) in [4.78, 5) is 44.0. The summed E-state index contributed by atoms with van der Waals surface area (Å²) in [6.07, 6.45) is 0.981. The Kier molecular flexibility index (Phi) is 13.4. The van der Waals surface area contributed by atoms with E-state index < -0.39 is 81.7 Å². The van der Waals surface area contributed by atoms with Gasteiger partial charge in [-0.3, -0.25) is 9.59 Å². The molecule has 2 aromatic carbocycles. The van der Waals surface area contributed by atoms with E-state index in [1.807, 2.05) is 13.0 Å². The van der Waals surface area contributed by atoms with Crippen molar-refractivity contribution >= 4 is 50.6 Å². The first-order valence-electron chi connectivity index (χ1n) is 18.6. The summed E-state index contributed by atoms with van der Waals surface area (Å²) >= 11 is 6.77. The second-order valence-electron chi connectivity index (χ2n) is 15.4. The van der Waals surface area contributed by atoms with Crippen molar-refractivity contribution in [3.8, 4) is 5.75 Å². The number of nitrogens with two attached hydrogens (primary N) is 1. The van der Waals surface area contributed by atoms with Crippen LogP contribution in [-0.2, 0) is 44.8 Å². The van der Waals surface area contributed by atoms with Crippen LogP contribution in [0.5, 0.6) is 5.75 Å². The van der Waals surface area contributed by atoms with Crippen molar-refractivity contribution < 1.29 is 56.7 Å². The number of likely N-dealkylation sites (N-methyl/N-ethyl adjacent to an activating group) is 1. The number of sulfone groups is 1. The van der Waals surface area contributed by atoms with Crippen molar-refractivity contribution in [3.05, 3.63) is 70.3 Å². The molecule has 4 bridgehead atoms. The summed E-state index contributed by atoms with van der Waals surface area (Å²) in [5, 5.41) is 25.4. The first-order chi connectivity index (χ1) is 27.0. The minimum absolute atomic E-state index is 0.0255. The van der Waals surface area contributed by atoms with Crippen LogP contribution in [0.4, 0.5) is 11.4 Å². The Morgan fingerprint density at radius 2 is 1.90 bits per heavy atom. The second-order valence-corrected chi connectivity index (χ2v) is 17.8. The van der Waals surface area contributed by atoms with E-state index in [9.17, 15) is 33.0 Å². The van der Waals surface area contributed by atoms with E-state index in [1.54, 1.807) is 38.1 Å². The number of hydrogen-bond donors (Lipinski definition) is 4. The van der Waals surface area contributed by atoms with Gasteiger partial charge in [0.05, 0.1) is 42.0 Å². The standard InChI is InChI=1S/C40H53ClN4O12S/c1-21-11-10-12-31(54-8)40(50)20-29(55-38(49)43-40)22(2)35-39(4,57-35)32(19-33(46)45(6)27-16-24(15-21)17-28(53-7)34(27)41)56-37(48)23(3)44(5)36(47)25-13-14-26(42)30(18-25)58(9,51)52/h10-14,16-18,22-23,29,31-32,35,38,43,49-50H,15,19-20,42H2,1-9H3/b12-10+,21-11+/t22-,23+,29+,31-,32+,35+,38?,39+,40+/m1/s1. The molecule has 3 aliphatic rings. The van der Waals surface area contributed by atoms with E-state index in [4.69, 9.17) is 41.0 Å². The predicted molar refractivity (Wildman–Crippen MR) is 215 cm³/mol. The molecule has 0 aliphatic carbocycles. The Morgan fingerprint density at radius 1 is 1.21 bits per heavy atom. The molecule has 5 N–H and O–H groups in total. The highest BCUT2D eigenvalue weighted by Crippen LogP contribution is 2.49. The van der Waals surface area contributed by atoms with Gasteiger partial charge in [-0.2, -0.15) is 0 Å². The lowest BCUT2D eigenvalue weighted by Crippen LogP contribution is -2.65. The van der Waals surface area contributed by atoms with Gasteiger partial charge in [-0.1, -0.05) is 42.3 Å². The van der Waals surface area contributed by atoms with Gasteiger partial charge in [0, 0.05) is 45.4 Å². The average Bonchev–Trinajstić information content (AvgIpc) is 3.86. The molecule has 9 atom stereocenters. The number of carbonyl (C=O) groups excluding carboxylic acids is 3. The molecule has 3 heterocycles. The number of amides is 2. The van der Waals surface area contributed by atoms with Crippen molar-refractivity contribution in [2.45, 2.75) is 100 Å². The van der Waals surface area contributed by atoms with Gasteiger partial charge >= 0.3 is 5.97 Å². The first-order valence-corrected chi connectivity index (χ1v) is 20.9.